The molecule has 3 rings (SSSR count). The molecule has 0 bridgehead atoms. The van der Waals surface area contributed by atoms with E-state index in [1.165, 1.54) is 11.3 Å². The standard InChI is InChI=1S/C21H24N2O4S2/c1-5-26-20(24)12-17(23-29(25)16-8-6-13(2)7-9-16)18-10-11-19(28-18)21-14(3)22-27-15(21)4/h6-11,17,23H,5,12H2,1-4H3/t17-,29+/m0/s1. The molecular formula is C21H24N2O4S2. The average molecular weight is 433 g/mol. The van der Waals surface area contributed by atoms with Crippen LogP contribution in [-0.2, 0) is 20.5 Å². The monoisotopic (exact) mass is 432 g/mol. The Labute approximate surface area is 176 Å². The quantitative estimate of drug-likeness (QED) is 0.525. The second-order valence-corrected chi connectivity index (χ2v) is 9.02. The molecule has 0 spiro atoms. The summed E-state index contributed by atoms with van der Waals surface area (Å²) in [6.07, 6.45) is 0.0903. The van der Waals surface area contributed by atoms with Crippen molar-refractivity contribution in [2.24, 2.45) is 0 Å². The topological polar surface area (TPSA) is 81.4 Å². The maximum absolute atomic E-state index is 12.9. The molecule has 0 fully saturated rings. The maximum atomic E-state index is 12.9. The van der Waals surface area contributed by atoms with Crippen molar-refractivity contribution in [2.75, 3.05) is 6.61 Å². The predicted molar refractivity (Wildman–Crippen MR) is 114 cm³/mol. The van der Waals surface area contributed by atoms with Gasteiger partial charge < -0.3 is 9.26 Å². The zero-order chi connectivity index (χ0) is 21.0. The van der Waals surface area contributed by atoms with Crippen LogP contribution in [-0.4, -0.2) is 21.9 Å². The molecule has 8 heteroatoms. The second-order valence-electron chi connectivity index (χ2n) is 6.66. The van der Waals surface area contributed by atoms with Gasteiger partial charge >= 0.3 is 5.97 Å². The number of benzene rings is 1. The molecule has 29 heavy (non-hydrogen) atoms. The molecule has 0 saturated carbocycles. The van der Waals surface area contributed by atoms with Gasteiger partial charge in [0, 0.05) is 9.75 Å². The first-order valence-electron chi connectivity index (χ1n) is 9.32. The Balaban J connectivity index is 1.86. The average Bonchev–Trinajstić information content (AvgIpc) is 3.28. The number of rotatable bonds is 8. The number of thiophene rings is 1. The molecule has 2 heterocycles. The van der Waals surface area contributed by atoms with Gasteiger partial charge in [-0.1, -0.05) is 22.9 Å². The van der Waals surface area contributed by atoms with Crippen molar-refractivity contribution in [3.05, 3.63) is 58.3 Å². The van der Waals surface area contributed by atoms with Gasteiger partial charge in [-0.3, -0.25) is 4.79 Å². The number of hydrogen-bond donors (Lipinski definition) is 1. The highest BCUT2D eigenvalue weighted by Gasteiger charge is 2.23. The highest BCUT2D eigenvalue weighted by Crippen LogP contribution is 2.36. The number of carbonyl (C=O) groups excluding carboxylic acids is 1. The van der Waals surface area contributed by atoms with Crippen LogP contribution in [0.4, 0.5) is 0 Å². The van der Waals surface area contributed by atoms with Crippen LogP contribution in [0.25, 0.3) is 10.4 Å². The lowest BCUT2D eigenvalue weighted by atomic mass is 10.1. The Morgan fingerprint density at radius 3 is 2.55 bits per heavy atom. The molecule has 0 radical (unpaired) electrons. The third kappa shape index (κ3) is 5.20. The summed E-state index contributed by atoms with van der Waals surface area (Å²) < 4.78 is 26.3. The number of aryl methyl sites for hydroxylation is 3. The van der Waals surface area contributed by atoms with E-state index < -0.39 is 17.0 Å². The summed E-state index contributed by atoms with van der Waals surface area (Å²) in [5.74, 6) is 0.409. The van der Waals surface area contributed by atoms with Crippen molar-refractivity contribution in [3.63, 3.8) is 0 Å². The molecule has 3 aromatic rings. The van der Waals surface area contributed by atoms with Gasteiger partial charge in [0.1, 0.15) is 16.7 Å². The van der Waals surface area contributed by atoms with Crippen LogP contribution in [0.2, 0.25) is 0 Å². The number of aromatic nitrogens is 1. The van der Waals surface area contributed by atoms with Gasteiger partial charge in [0.05, 0.1) is 35.2 Å². The minimum absolute atomic E-state index is 0.0903. The molecule has 0 saturated heterocycles. The van der Waals surface area contributed by atoms with Gasteiger partial charge in [0.2, 0.25) is 0 Å². The third-order valence-corrected chi connectivity index (χ3v) is 6.83. The molecule has 154 valence electrons. The summed E-state index contributed by atoms with van der Waals surface area (Å²) >= 11 is 1.52. The molecule has 0 aliphatic heterocycles. The zero-order valence-corrected chi connectivity index (χ0v) is 18.5. The van der Waals surface area contributed by atoms with Gasteiger partial charge in [0.15, 0.2) is 0 Å². The van der Waals surface area contributed by atoms with Gasteiger partial charge in [0.25, 0.3) is 0 Å². The van der Waals surface area contributed by atoms with E-state index in [9.17, 15) is 9.00 Å². The lowest BCUT2D eigenvalue weighted by molar-refractivity contribution is -0.143. The first kappa shape index (κ1) is 21.4. The molecule has 0 aliphatic rings. The van der Waals surface area contributed by atoms with E-state index in [0.717, 1.165) is 32.3 Å². The Morgan fingerprint density at radius 1 is 1.21 bits per heavy atom. The fourth-order valence-corrected chi connectivity index (χ4v) is 5.22. The van der Waals surface area contributed by atoms with E-state index in [0.29, 0.717) is 11.5 Å². The largest absolute Gasteiger partial charge is 0.466 e. The highest BCUT2D eigenvalue weighted by atomic mass is 32.2. The molecule has 0 unspecified atom stereocenters. The Kier molecular flexibility index (Phi) is 7.00. The van der Waals surface area contributed by atoms with Crippen LogP contribution in [0.3, 0.4) is 0 Å². The smallest absolute Gasteiger partial charge is 0.307 e. The van der Waals surface area contributed by atoms with Crippen LogP contribution < -0.4 is 4.72 Å². The lowest BCUT2D eigenvalue weighted by Gasteiger charge is -2.16. The fraction of sp³-hybridized carbons (Fsp3) is 0.333. The number of ether oxygens (including phenoxy) is 1. The predicted octanol–water partition coefficient (Wildman–Crippen LogP) is 4.64. The summed E-state index contributed by atoms with van der Waals surface area (Å²) in [6.45, 7) is 7.82. The highest BCUT2D eigenvalue weighted by molar-refractivity contribution is 7.83. The van der Waals surface area contributed by atoms with E-state index in [1.54, 1.807) is 6.92 Å². The molecule has 0 amide bonds. The SMILES string of the molecule is CCOC(=O)C[C@H](N[S@](=O)c1ccc(C)cc1)c1ccc(-c2c(C)noc2C)s1. The van der Waals surface area contributed by atoms with Crippen LogP contribution in [0.15, 0.2) is 45.8 Å². The summed E-state index contributed by atoms with van der Waals surface area (Å²) in [6, 6.07) is 10.9. The number of carbonyl (C=O) groups is 1. The number of esters is 1. The van der Waals surface area contributed by atoms with Crippen LogP contribution in [0.5, 0.6) is 0 Å². The summed E-state index contributed by atoms with van der Waals surface area (Å²) in [7, 11) is -1.46. The summed E-state index contributed by atoms with van der Waals surface area (Å²) in [5, 5.41) is 4.01. The van der Waals surface area contributed by atoms with Gasteiger partial charge in [-0.05, 0) is 52.0 Å². The van der Waals surface area contributed by atoms with Crippen molar-refractivity contribution in [1.29, 1.82) is 0 Å². The van der Waals surface area contributed by atoms with Crippen molar-refractivity contribution in [3.8, 4) is 10.4 Å². The fourth-order valence-electron chi connectivity index (χ4n) is 2.96. The number of nitrogens with zero attached hydrogens (tertiary/aromatic N) is 1. The van der Waals surface area contributed by atoms with E-state index in [1.807, 2.05) is 57.2 Å². The van der Waals surface area contributed by atoms with E-state index in [-0.39, 0.29) is 12.4 Å². The minimum Gasteiger partial charge on any atom is -0.466 e. The second kappa shape index (κ2) is 9.47. The Morgan fingerprint density at radius 2 is 1.93 bits per heavy atom. The molecule has 1 N–H and O–H groups in total. The Bertz CT molecular complexity index is 989. The van der Waals surface area contributed by atoms with Crippen molar-refractivity contribution in [2.45, 2.75) is 45.1 Å². The van der Waals surface area contributed by atoms with E-state index in [4.69, 9.17) is 9.26 Å². The molecule has 0 aliphatic carbocycles. The molecular weight excluding hydrogens is 408 g/mol. The number of nitrogens with one attached hydrogen (secondary N) is 1. The van der Waals surface area contributed by atoms with Crippen LogP contribution in [0, 0.1) is 20.8 Å². The Hall–Kier alpha value is -2.29. The van der Waals surface area contributed by atoms with E-state index >= 15 is 0 Å². The third-order valence-electron chi connectivity index (χ3n) is 4.41. The van der Waals surface area contributed by atoms with Crippen molar-refractivity contribution in [1.82, 2.24) is 9.88 Å². The molecule has 2 aromatic heterocycles. The van der Waals surface area contributed by atoms with Gasteiger partial charge in [-0.15, -0.1) is 11.3 Å². The van der Waals surface area contributed by atoms with Crippen molar-refractivity contribution < 1.29 is 18.3 Å². The van der Waals surface area contributed by atoms with E-state index in [2.05, 4.69) is 9.88 Å². The molecule has 2 atom stereocenters. The summed E-state index contributed by atoms with van der Waals surface area (Å²) in [4.78, 5) is 14.7. The molecule has 6 nitrogen and oxygen atoms in total. The molecule has 1 aromatic carbocycles. The van der Waals surface area contributed by atoms with Gasteiger partial charge in [-0.2, -0.15) is 0 Å². The first-order chi connectivity index (χ1) is 13.9. The minimum atomic E-state index is -1.46. The van der Waals surface area contributed by atoms with Crippen LogP contribution in [0.1, 0.15) is 41.3 Å². The lowest BCUT2D eigenvalue weighted by Crippen LogP contribution is -2.26. The van der Waals surface area contributed by atoms with Crippen LogP contribution >= 0.6 is 11.3 Å². The van der Waals surface area contributed by atoms with Gasteiger partial charge in [-0.25, -0.2) is 8.93 Å². The number of hydrogen-bond acceptors (Lipinski definition) is 6. The zero-order valence-electron chi connectivity index (χ0n) is 16.9. The normalized spacial score (nSPS) is 13.2. The summed E-state index contributed by atoms with van der Waals surface area (Å²) in [5.41, 5.74) is 2.86. The maximum Gasteiger partial charge on any atom is 0.307 e. The van der Waals surface area contributed by atoms with Crippen molar-refractivity contribution >= 4 is 28.3 Å². The first-order valence-corrected chi connectivity index (χ1v) is 11.3.